The Kier molecular flexibility index (Phi) is 13.3. The van der Waals surface area contributed by atoms with Gasteiger partial charge < -0.3 is 0 Å². The first-order valence-electron chi connectivity index (χ1n) is 16.5. The van der Waals surface area contributed by atoms with Crippen molar-refractivity contribution in [2.45, 2.75) is 13.0 Å². The summed E-state index contributed by atoms with van der Waals surface area (Å²) in [7, 11) is 0. The van der Waals surface area contributed by atoms with E-state index in [9.17, 15) is 57.5 Å². The Hall–Kier alpha value is -7.00. The number of carbonyl (C=O) groups is 1. The zero-order chi connectivity index (χ0) is 47.2. The highest BCUT2D eigenvalue weighted by Gasteiger charge is 2.52. The standard InChI is InChI=1S/C24BF20.C14H12N3O/c26-5-1(6(27)14(35)21(42)13(5)34)25(2-7(28)15(36)22(43)16(37)8(2)29,3-9(30)17(38)23(44)18(39)10(3)31)4-11(32)19(40)24(45)20(41)12(4)33;15-7-6-14(18)13-10-16-8-9-17(13)11-12-4-2-1-3-5-12/h;1-5,8-10H,6,11H2/q-1;+1. The van der Waals surface area contributed by atoms with Crippen LogP contribution >= 0.6 is 0 Å². The van der Waals surface area contributed by atoms with E-state index in [1.807, 2.05) is 41.0 Å². The fourth-order valence-electron chi connectivity index (χ4n) is 6.57. The van der Waals surface area contributed by atoms with Gasteiger partial charge in [0.1, 0.15) is 65.3 Å². The van der Waals surface area contributed by atoms with Crippen molar-refractivity contribution in [2.75, 3.05) is 0 Å². The van der Waals surface area contributed by atoms with Crippen LogP contribution in [-0.2, 0) is 6.54 Å². The van der Waals surface area contributed by atoms with Gasteiger partial charge in [-0.15, -0.1) is 21.9 Å². The minimum atomic E-state index is -7.22. The molecule has 0 bridgehead atoms. The minimum absolute atomic E-state index is 0.125. The second-order valence-corrected chi connectivity index (χ2v) is 12.6. The molecule has 6 aromatic rings. The van der Waals surface area contributed by atoms with Crippen LogP contribution in [0.3, 0.4) is 0 Å². The molecule has 0 spiro atoms. The lowest BCUT2D eigenvalue weighted by molar-refractivity contribution is -0.690. The number of Topliss-reactive ketones (excluding diaryl/α,β-unsaturated/α-hetero) is 1. The molecule has 0 saturated heterocycles. The van der Waals surface area contributed by atoms with E-state index >= 15 is 35.1 Å². The maximum absolute atomic E-state index is 15.4. The van der Waals surface area contributed by atoms with Gasteiger partial charge in [0.25, 0.3) is 5.69 Å². The minimum Gasteiger partial charge on any atom is -0.286 e. The normalized spacial score (nSPS) is 11.3. The first-order valence-corrected chi connectivity index (χ1v) is 16.5. The second kappa shape index (κ2) is 17.8. The average molecular weight is 917 g/mol. The summed E-state index contributed by atoms with van der Waals surface area (Å²) < 4.78 is 296. The van der Waals surface area contributed by atoms with E-state index in [0.717, 1.165) is 5.56 Å². The van der Waals surface area contributed by atoms with E-state index in [4.69, 9.17) is 5.26 Å². The van der Waals surface area contributed by atoms with Crippen LogP contribution in [0.1, 0.15) is 22.5 Å². The Morgan fingerprint density at radius 2 is 0.762 bits per heavy atom. The molecular formula is C38H12BF20N3O. The van der Waals surface area contributed by atoms with E-state index in [0.29, 0.717) is 12.2 Å². The lowest BCUT2D eigenvalue weighted by Gasteiger charge is -2.44. The van der Waals surface area contributed by atoms with Crippen LogP contribution in [0.2, 0.25) is 0 Å². The third kappa shape index (κ3) is 7.56. The molecule has 6 rings (SSSR count). The summed E-state index contributed by atoms with van der Waals surface area (Å²) in [6, 6.07) is 11.7. The highest BCUT2D eigenvalue weighted by molar-refractivity contribution is 7.20. The van der Waals surface area contributed by atoms with Gasteiger partial charge in [0.05, 0.1) is 12.3 Å². The first-order chi connectivity index (χ1) is 29.5. The van der Waals surface area contributed by atoms with Gasteiger partial charge in [-0.1, -0.05) is 30.3 Å². The second-order valence-electron chi connectivity index (χ2n) is 12.6. The van der Waals surface area contributed by atoms with Gasteiger partial charge in [0, 0.05) is 5.56 Å². The Labute approximate surface area is 336 Å². The van der Waals surface area contributed by atoms with Gasteiger partial charge >= 0.3 is 0 Å². The summed E-state index contributed by atoms with van der Waals surface area (Å²) >= 11 is 0. The molecule has 0 aliphatic carbocycles. The SMILES string of the molecule is Fc1c(F)c(F)c([B-](c2c(F)c(F)c(F)c(F)c2F)(c2c(F)c(F)c(F)c(F)c2F)c2c(F)c(F)c(F)c(F)c2F)c(F)c1F.N#CCC(=O)c1cncc[n+]1Cc1ccccc1. The molecule has 0 fully saturated rings. The molecule has 0 aliphatic heterocycles. The van der Waals surface area contributed by atoms with Crippen molar-refractivity contribution < 1.29 is 97.2 Å². The summed E-state index contributed by atoms with van der Waals surface area (Å²) in [4.78, 5) is 15.7. The Balaban J connectivity index is 0.000000345. The predicted molar refractivity (Wildman–Crippen MR) is 174 cm³/mol. The quantitative estimate of drug-likeness (QED) is 0.0401. The lowest BCUT2D eigenvalue weighted by Crippen LogP contribution is -2.81. The number of halogens is 20. The van der Waals surface area contributed by atoms with Crippen LogP contribution in [-0.4, -0.2) is 16.9 Å². The summed E-state index contributed by atoms with van der Waals surface area (Å²) in [6.45, 7) is 0.593. The van der Waals surface area contributed by atoms with E-state index in [2.05, 4.69) is 4.98 Å². The number of carbonyl (C=O) groups excluding carboxylic acids is 1. The molecule has 0 N–H and O–H groups in total. The van der Waals surface area contributed by atoms with Gasteiger partial charge in [-0.3, -0.25) is 9.78 Å². The van der Waals surface area contributed by atoms with Crippen molar-refractivity contribution >= 4 is 33.8 Å². The monoisotopic (exact) mass is 917 g/mol. The molecule has 0 radical (unpaired) electrons. The van der Waals surface area contributed by atoms with Crippen LogP contribution in [0.25, 0.3) is 0 Å². The predicted octanol–water partition coefficient (Wildman–Crippen LogP) is 7.36. The van der Waals surface area contributed by atoms with Crippen LogP contribution < -0.4 is 26.4 Å². The molecule has 4 nitrogen and oxygen atoms in total. The number of ketones is 1. The molecule has 63 heavy (non-hydrogen) atoms. The van der Waals surface area contributed by atoms with Crippen molar-refractivity contribution in [1.29, 1.82) is 5.26 Å². The zero-order valence-electron chi connectivity index (χ0n) is 29.9. The number of aromatic nitrogens is 2. The molecule has 0 unspecified atom stereocenters. The van der Waals surface area contributed by atoms with Crippen molar-refractivity contribution in [3.63, 3.8) is 0 Å². The van der Waals surface area contributed by atoms with Gasteiger partial charge in [-0.2, -0.15) is 9.83 Å². The molecule has 328 valence electrons. The lowest BCUT2D eigenvalue weighted by atomic mass is 9.12. The maximum Gasteiger partial charge on any atom is 0.268 e. The van der Waals surface area contributed by atoms with Crippen LogP contribution in [0.15, 0.2) is 48.9 Å². The molecule has 0 atom stereocenters. The molecule has 1 aromatic heterocycles. The number of nitrogens with zero attached hydrogens (tertiary/aromatic N) is 3. The van der Waals surface area contributed by atoms with Crippen LogP contribution in [0, 0.1) is 128 Å². The number of rotatable bonds is 8. The Morgan fingerprint density at radius 3 is 1.05 bits per heavy atom. The van der Waals surface area contributed by atoms with Crippen LogP contribution in [0.4, 0.5) is 87.8 Å². The maximum atomic E-state index is 15.4. The largest absolute Gasteiger partial charge is 0.286 e. The first kappa shape index (κ1) is 47.1. The summed E-state index contributed by atoms with van der Waals surface area (Å²) in [5, 5.41) is 8.58. The highest BCUT2D eigenvalue weighted by Crippen LogP contribution is 2.30. The third-order valence-corrected chi connectivity index (χ3v) is 9.27. The van der Waals surface area contributed by atoms with Crippen molar-refractivity contribution in [3.05, 3.63) is 177 Å². The number of benzene rings is 5. The number of hydrogen-bond donors (Lipinski definition) is 0. The van der Waals surface area contributed by atoms with E-state index in [-0.39, 0.29) is 12.2 Å². The van der Waals surface area contributed by atoms with Gasteiger partial charge in [0.15, 0.2) is 82.5 Å². The molecule has 0 saturated carbocycles. The molecule has 25 heteroatoms. The smallest absolute Gasteiger partial charge is 0.268 e. The Bertz CT molecular complexity index is 2510. The molecule has 1 heterocycles. The van der Waals surface area contributed by atoms with Crippen LogP contribution in [0.5, 0.6) is 0 Å². The third-order valence-electron chi connectivity index (χ3n) is 9.27. The van der Waals surface area contributed by atoms with Crippen molar-refractivity contribution in [3.8, 4) is 6.07 Å². The van der Waals surface area contributed by atoms with Crippen molar-refractivity contribution in [1.82, 2.24) is 4.98 Å². The van der Waals surface area contributed by atoms with Gasteiger partial charge in [-0.05, 0) is 0 Å². The molecule has 0 aliphatic rings. The fraction of sp³-hybridized carbons (Fsp3) is 0.0526. The number of hydrogen-bond acceptors (Lipinski definition) is 3. The van der Waals surface area contributed by atoms with E-state index in [1.54, 1.807) is 12.4 Å². The topological polar surface area (TPSA) is 57.6 Å². The number of nitriles is 1. The highest BCUT2D eigenvalue weighted by atomic mass is 19.2. The zero-order valence-corrected chi connectivity index (χ0v) is 29.9. The van der Waals surface area contributed by atoms with Gasteiger partial charge in [0.2, 0.25) is 5.78 Å². The fourth-order valence-corrected chi connectivity index (χ4v) is 6.57. The summed E-state index contributed by atoms with van der Waals surface area (Å²) in [5.74, 6) is -71.6. The van der Waals surface area contributed by atoms with Gasteiger partial charge in [-0.25, -0.2) is 87.8 Å². The summed E-state index contributed by atoms with van der Waals surface area (Å²) in [5.41, 5.74) is -12.8. The average Bonchev–Trinajstić information content (AvgIpc) is 3.27. The van der Waals surface area contributed by atoms with E-state index in [1.165, 1.54) is 6.20 Å². The van der Waals surface area contributed by atoms with Crippen molar-refractivity contribution in [2.24, 2.45) is 0 Å². The summed E-state index contributed by atoms with van der Waals surface area (Å²) in [6.07, 6.45) is -2.46. The Morgan fingerprint density at radius 1 is 0.476 bits per heavy atom. The molecule has 5 aromatic carbocycles. The molecule has 0 amide bonds. The van der Waals surface area contributed by atoms with E-state index < -0.39 is 144 Å². The molecular weight excluding hydrogens is 905 g/mol.